The van der Waals surface area contributed by atoms with E-state index < -0.39 is 18.0 Å². The molecule has 1 saturated heterocycles. The summed E-state index contributed by atoms with van der Waals surface area (Å²) in [6.07, 6.45) is 2.41. The van der Waals surface area contributed by atoms with Crippen molar-refractivity contribution in [2.45, 2.75) is 12.5 Å². The number of nitrogens with zero attached hydrogens (tertiary/aromatic N) is 1. The molecule has 1 atom stereocenters. The van der Waals surface area contributed by atoms with Crippen LogP contribution in [0.5, 0.6) is 0 Å². The van der Waals surface area contributed by atoms with Gasteiger partial charge in [-0.25, -0.2) is 9.59 Å². The van der Waals surface area contributed by atoms with Gasteiger partial charge in [0, 0.05) is 12.5 Å². The first-order valence-electron chi connectivity index (χ1n) is 5.74. The number of ether oxygens (including phenoxy) is 2. The van der Waals surface area contributed by atoms with Crippen LogP contribution < -0.4 is 0 Å². The molecule has 0 N–H and O–H groups in total. The SMILES string of the molecule is N#Cc1ccc(/C=C/C(=O)O[C@@H]2CCOC2=O)cc1. The highest BCUT2D eigenvalue weighted by atomic mass is 16.6. The monoisotopic (exact) mass is 257 g/mol. The maximum absolute atomic E-state index is 11.5. The van der Waals surface area contributed by atoms with E-state index in [9.17, 15) is 9.59 Å². The molecule has 5 heteroatoms. The van der Waals surface area contributed by atoms with Crippen molar-refractivity contribution in [3.8, 4) is 6.07 Å². The second-order valence-electron chi connectivity index (χ2n) is 3.95. The van der Waals surface area contributed by atoms with Gasteiger partial charge in [-0.15, -0.1) is 0 Å². The molecule has 0 bridgehead atoms. The van der Waals surface area contributed by atoms with E-state index in [2.05, 4.69) is 4.74 Å². The molecule has 0 saturated carbocycles. The number of carbonyl (C=O) groups is 2. The van der Waals surface area contributed by atoms with Crippen molar-refractivity contribution in [1.82, 2.24) is 0 Å². The Morgan fingerprint density at radius 2 is 2.16 bits per heavy atom. The predicted molar refractivity (Wildman–Crippen MR) is 65.6 cm³/mol. The van der Waals surface area contributed by atoms with E-state index in [4.69, 9.17) is 10.00 Å². The summed E-state index contributed by atoms with van der Waals surface area (Å²) in [5, 5.41) is 8.64. The lowest BCUT2D eigenvalue weighted by molar-refractivity contribution is -0.156. The second-order valence-corrected chi connectivity index (χ2v) is 3.95. The summed E-state index contributed by atoms with van der Waals surface area (Å²) < 4.78 is 9.62. The maximum atomic E-state index is 11.5. The van der Waals surface area contributed by atoms with E-state index >= 15 is 0 Å². The molecule has 1 fully saturated rings. The van der Waals surface area contributed by atoms with Crippen LogP contribution in [0, 0.1) is 11.3 Å². The number of hydrogen-bond donors (Lipinski definition) is 0. The maximum Gasteiger partial charge on any atom is 0.347 e. The van der Waals surface area contributed by atoms with Crippen LogP contribution in [0.15, 0.2) is 30.3 Å². The Balaban J connectivity index is 1.92. The molecule has 0 unspecified atom stereocenters. The van der Waals surface area contributed by atoms with E-state index in [1.165, 1.54) is 6.08 Å². The Hall–Kier alpha value is -2.61. The third-order valence-electron chi connectivity index (χ3n) is 2.60. The average Bonchev–Trinajstić information content (AvgIpc) is 2.82. The van der Waals surface area contributed by atoms with Crippen molar-refractivity contribution < 1.29 is 19.1 Å². The summed E-state index contributed by atoms with van der Waals surface area (Å²) in [6, 6.07) is 8.74. The van der Waals surface area contributed by atoms with Gasteiger partial charge in [0.05, 0.1) is 18.2 Å². The van der Waals surface area contributed by atoms with Crippen LogP contribution in [0.2, 0.25) is 0 Å². The first-order valence-corrected chi connectivity index (χ1v) is 5.74. The van der Waals surface area contributed by atoms with Gasteiger partial charge < -0.3 is 9.47 Å². The minimum Gasteiger partial charge on any atom is -0.463 e. The Bertz CT molecular complexity index is 554. The van der Waals surface area contributed by atoms with E-state index in [0.29, 0.717) is 12.0 Å². The van der Waals surface area contributed by atoms with Crippen molar-refractivity contribution in [3.63, 3.8) is 0 Å². The van der Waals surface area contributed by atoms with Crippen LogP contribution >= 0.6 is 0 Å². The second kappa shape index (κ2) is 5.83. The Kier molecular flexibility index (Phi) is 3.94. The molecule has 96 valence electrons. The van der Waals surface area contributed by atoms with Crippen molar-refractivity contribution in [2.24, 2.45) is 0 Å². The molecule has 0 amide bonds. The predicted octanol–water partition coefficient (Wildman–Crippen LogP) is 1.43. The molecule has 1 heterocycles. The topological polar surface area (TPSA) is 76.4 Å². The molecule has 0 radical (unpaired) electrons. The fourth-order valence-electron chi connectivity index (χ4n) is 1.60. The molecule has 2 rings (SSSR count). The Labute approximate surface area is 110 Å². The number of hydrogen-bond acceptors (Lipinski definition) is 5. The fourth-order valence-corrected chi connectivity index (χ4v) is 1.60. The molecule has 0 aliphatic carbocycles. The standard InChI is InChI=1S/C14H11NO4/c15-9-11-3-1-10(2-4-11)5-6-13(16)19-12-7-8-18-14(12)17/h1-6,12H,7-8H2/b6-5+/t12-/m1/s1. The lowest BCUT2D eigenvalue weighted by Crippen LogP contribution is -2.21. The Morgan fingerprint density at radius 3 is 2.74 bits per heavy atom. The molecule has 19 heavy (non-hydrogen) atoms. The van der Waals surface area contributed by atoms with Crippen LogP contribution in [0.1, 0.15) is 17.5 Å². The number of esters is 2. The summed E-state index contributed by atoms with van der Waals surface area (Å²) in [5.74, 6) is -1.09. The zero-order valence-corrected chi connectivity index (χ0v) is 10.0. The normalized spacial score (nSPS) is 18.1. The molecule has 0 spiro atoms. The van der Waals surface area contributed by atoms with Crippen LogP contribution in [-0.2, 0) is 19.1 Å². The third-order valence-corrected chi connectivity index (χ3v) is 2.60. The van der Waals surface area contributed by atoms with E-state index in [0.717, 1.165) is 5.56 Å². The van der Waals surface area contributed by atoms with Crippen LogP contribution in [-0.4, -0.2) is 24.6 Å². The number of nitriles is 1. The first kappa shape index (κ1) is 12.8. The van der Waals surface area contributed by atoms with Gasteiger partial charge in [0.2, 0.25) is 6.10 Å². The van der Waals surface area contributed by atoms with Crippen molar-refractivity contribution >= 4 is 18.0 Å². The first-order chi connectivity index (χ1) is 9.19. The largest absolute Gasteiger partial charge is 0.463 e. The lowest BCUT2D eigenvalue weighted by Gasteiger charge is -2.04. The zero-order valence-electron chi connectivity index (χ0n) is 10.0. The lowest BCUT2D eigenvalue weighted by atomic mass is 10.1. The number of benzene rings is 1. The third kappa shape index (κ3) is 3.42. The minimum atomic E-state index is -0.793. The summed E-state index contributed by atoms with van der Waals surface area (Å²) in [5.41, 5.74) is 1.32. The smallest absolute Gasteiger partial charge is 0.347 e. The van der Waals surface area contributed by atoms with Gasteiger partial charge in [-0.2, -0.15) is 5.26 Å². The van der Waals surface area contributed by atoms with E-state index in [-0.39, 0.29) is 6.61 Å². The minimum absolute atomic E-state index is 0.288. The van der Waals surface area contributed by atoms with Crippen LogP contribution in [0.3, 0.4) is 0 Å². The van der Waals surface area contributed by atoms with Crippen molar-refractivity contribution in [3.05, 3.63) is 41.5 Å². The highest BCUT2D eigenvalue weighted by molar-refractivity contribution is 5.89. The highest BCUT2D eigenvalue weighted by Gasteiger charge is 2.29. The zero-order chi connectivity index (χ0) is 13.7. The van der Waals surface area contributed by atoms with Crippen molar-refractivity contribution in [1.29, 1.82) is 5.26 Å². The van der Waals surface area contributed by atoms with Crippen LogP contribution in [0.4, 0.5) is 0 Å². The van der Waals surface area contributed by atoms with Gasteiger partial charge in [0.15, 0.2) is 0 Å². The molecule has 1 aromatic rings. The van der Waals surface area contributed by atoms with Gasteiger partial charge in [-0.3, -0.25) is 0 Å². The Morgan fingerprint density at radius 1 is 1.42 bits per heavy atom. The molecular weight excluding hydrogens is 246 g/mol. The summed E-state index contributed by atoms with van der Waals surface area (Å²) >= 11 is 0. The van der Waals surface area contributed by atoms with Gasteiger partial charge in [0.1, 0.15) is 0 Å². The van der Waals surface area contributed by atoms with Crippen LogP contribution in [0.25, 0.3) is 6.08 Å². The van der Waals surface area contributed by atoms with Gasteiger partial charge in [0.25, 0.3) is 0 Å². The highest BCUT2D eigenvalue weighted by Crippen LogP contribution is 2.11. The van der Waals surface area contributed by atoms with Crippen molar-refractivity contribution in [2.75, 3.05) is 6.61 Å². The fraction of sp³-hybridized carbons (Fsp3) is 0.214. The molecule has 1 aliphatic rings. The van der Waals surface area contributed by atoms with Gasteiger partial charge >= 0.3 is 11.9 Å². The number of cyclic esters (lactones) is 1. The quantitative estimate of drug-likeness (QED) is 0.604. The summed E-state index contributed by atoms with van der Waals surface area (Å²) in [7, 11) is 0. The summed E-state index contributed by atoms with van der Waals surface area (Å²) in [6.45, 7) is 0.288. The molecule has 5 nitrogen and oxygen atoms in total. The molecule has 1 aromatic carbocycles. The molecular formula is C14H11NO4. The van der Waals surface area contributed by atoms with E-state index in [1.807, 2.05) is 6.07 Å². The average molecular weight is 257 g/mol. The van der Waals surface area contributed by atoms with Gasteiger partial charge in [-0.1, -0.05) is 12.1 Å². The summed E-state index contributed by atoms with van der Waals surface area (Å²) in [4.78, 5) is 22.6. The molecule has 0 aromatic heterocycles. The van der Waals surface area contributed by atoms with Gasteiger partial charge in [-0.05, 0) is 23.8 Å². The number of rotatable bonds is 3. The molecule has 1 aliphatic heterocycles. The number of carbonyl (C=O) groups excluding carboxylic acids is 2. The van der Waals surface area contributed by atoms with E-state index in [1.54, 1.807) is 30.3 Å².